The van der Waals surface area contributed by atoms with E-state index in [0.29, 0.717) is 19.0 Å². The first-order valence-corrected chi connectivity index (χ1v) is 7.66. The molecule has 2 saturated heterocycles. The van der Waals surface area contributed by atoms with Crippen LogP contribution in [0.5, 0.6) is 0 Å². The van der Waals surface area contributed by atoms with Crippen LogP contribution in [0.25, 0.3) is 0 Å². The molecule has 2 aliphatic rings. The predicted octanol–water partition coefficient (Wildman–Crippen LogP) is 0.213. The van der Waals surface area contributed by atoms with E-state index in [2.05, 4.69) is 17.1 Å². The average molecular weight is 299 g/mol. The molecule has 0 aromatic heterocycles. The molecule has 2 aliphatic heterocycles. The summed E-state index contributed by atoms with van der Waals surface area (Å²) in [6.07, 6.45) is 1.62. The molecule has 0 aromatic carbocycles. The lowest BCUT2D eigenvalue weighted by molar-refractivity contribution is -0.154. The summed E-state index contributed by atoms with van der Waals surface area (Å²) >= 11 is 0. The van der Waals surface area contributed by atoms with E-state index in [4.69, 9.17) is 9.84 Å². The van der Waals surface area contributed by atoms with Gasteiger partial charge in [-0.05, 0) is 31.8 Å². The number of likely N-dealkylation sites (tertiary alicyclic amines) is 1. The molecule has 2 heterocycles. The number of amides is 2. The quantitative estimate of drug-likeness (QED) is 0.758. The Morgan fingerprint density at radius 1 is 1.33 bits per heavy atom. The van der Waals surface area contributed by atoms with Gasteiger partial charge in [0.1, 0.15) is 0 Å². The van der Waals surface area contributed by atoms with E-state index in [1.54, 1.807) is 0 Å². The molecule has 0 radical (unpaired) electrons. The molecule has 0 saturated carbocycles. The molecule has 2 amide bonds. The van der Waals surface area contributed by atoms with Gasteiger partial charge in [0.15, 0.2) is 6.10 Å². The number of carbonyl (C=O) groups excluding carboxylic acids is 1. The fourth-order valence-electron chi connectivity index (χ4n) is 2.83. The van der Waals surface area contributed by atoms with E-state index in [-0.39, 0.29) is 19.2 Å². The van der Waals surface area contributed by atoms with Crippen LogP contribution in [0.2, 0.25) is 0 Å². The summed E-state index contributed by atoms with van der Waals surface area (Å²) in [6.45, 7) is 6.87. The molecule has 0 aliphatic carbocycles. The second-order valence-electron chi connectivity index (χ2n) is 5.94. The molecule has 0 aromatic rings. The van der Waals surface area contributed by atoms with Crippen molar-refractivity contribution in [3.63, 3.8) is 0 Å². The van der Waals surface area contributed by atoms with Gasteiger partial charge in [0.05, 0.1) is 13.2 Å². The fraction of sp³-hybridized carbons (Fsp3) is 0.857. The Labute approximate surface area is 125 Å². The van der Waals surface area contributed by atoms with Gasteiger partial charge in [-0.3, -0.25) is 0 Å². The number of carboxylic acids is 1. The van der Waals surface area contributed by atoms with Crippen LogP contribution >= 0.6 is 0 Å². The first-order chi connectivity index (χ1) is 10.1. The van der Waals surface area contributed by atoms with Crippen molar-refractivity contribution in [2.24, 2.45) is 5.92 Å². The van der Waals surface area contributed by atoms with Crippen molar-refractivity contribution in [1.82, 2.24) is 15.1 Å². The SMILES string of the molecule is CC(CNC(=O)N1CCOC(C(=O)O)C1)CN1CCCC1. The number of carboxylic acid groups (broad SMARTS) is 1. The minimum atomic E-state index is -1.02. The highest BCUT2D eigenvalue weighted by Crippen LogP contribution is 2.10. The molecule has 2 fully saturated rings. The zero-order valence-electron chi connectivity index (χ0n) is 12.6. The van der Waals surface area contributed by atoms with Gasteiger partial charge in [-0.2, -0.15) is 0 Å². The molecule has 2 rings (SSSR count). The van der Waals surface area contributed by atoms with Crippen LogP contribution < -0.4 is 5.32 Å². The summed E-state index contributed by atoms with van der Waals surface area (Å²) < 4.78 is 5.11. The second kappa shape index (κ2) is 7.61. The lowest BCUT2D eigenvalue weighted by Gasteiger charge is -2.31. The van der Waals surface area contributed by atoms with Gasteiger partial charge in [-0.1, -0.05) is 6.92 Å². The van der Waals surface area contributed by atoms with E-state index in [1.807, 2.05) is 0 Å². The summed E-state index contributed by atoms with van der Waals surface area (Å²) in [5.74, 6) is -0.627. The normalized spacial score (nSPS) is 24.8. The van der Waals surface area contributed by atoms with Gasteiger partial charge in [-0.25, -0.2) is 9.59 Å². The van der Waals surface area contributed by atoms with Gasteiger partial charge in [-0.15, -0.1) is 0 Å². The van der Waals surface area contributed by atoms with E-state index >= 15 is 0 Å². The number of nitrogens with one attached hydrogen (secondary N) is 1. The average Bonchev–Trinajstić information content (AvgIpc) is 2.97. The number of nitrogens with zero attached hydrogens (tertiary/aromatic N) is 2. The highest BCUT2D eigenvalue weighted by Gasteiger charge is 2.29. The van der Waals surface area contributed by atoms with Crippen molar-refractivity contribution in [2.75, 3.05) is 45.9 Å². The monoisotopic (exact) mass is 299 g/mol. The van der Waals surface area contributed by atoms with E-state index in [0.717, 1.165) is 19.6 Å². The number of urea groups is 1. The first-order valence-electron chi connectivity index (χ1n) is 7.66. The third-order valence-electron chi connectivity index (χ3n) is 4.00. The number of carbonyl (C=O) groups is 2. The Morgan fingerprint density at radius 2 is 2.05 bits per heavy atom. The molecular formula is C14H25N3O4. The zero-order chi connectivity index (χ0) is 15.2. The highest BCUT2D eigenvalue weighted by molar-refractivity contribution is 5.77. The van der Waals surface area contributed by atoms with Crippen LogP contribution in [-0.2, 0) is 9.53 Å². The molecule has 2 atom stereocenters. The number of ether oxygens (including phenoxy) is 1. The summed E-state index contributed by atoms with van der Waals surface area (Å²) in [5.41, 5.74) is 0. The minimum Gasteiger partial charge on any atom is -0.479 e. The van der Waals surface area contributed by atoms with Crippen LogP contribution in [0.15, 0.2) is 0 Å². The fourth-order valence-corrected chi connectivity index (χ4v) is 2.83. The highest BCUT2D eigenvalue weighted by atomic mass is 16.5. The van der Waals surface area contributed by atoms with Gasteiger partial charge >= 0.3 is 12.0 Å². The Hall–Kier alpha value is -1.34. The van der Waals surface area contributed by atoms with Crippen molar-refractivity contribution in [3.05, 3.63) is 0 Å². The Kier molecular flexibility index (Phi) is 5.81. The lowest BCUT2D eigenvalue weighted by atomic mass is 10.1. The maximum Gasteiger partial charge on any atom is 0.334 e. The van der Waals surface area contributed by atoms with E-state index < -0.39 is 12.1 Å². The third kappa shape index (κ3) is 4.86. The molecular weight excluding hydrogens is 274 g/mol. The number of rotatable bonds is 5. The van der Waals surface area contributed by atoms with Crippen LogP contribution in [0.1, 0.15) is 19.8 Å². The van der Waals surface area contributed by atoms with Crippen LogP contribution in [0.4, 0.5) is 4.79 Å². The minimum absolute atomic E-state index is 0.113. The smallest absolute Gasteiger partial charge is 0.334 e. The van der Waals surface area contributed by atoms with Crippen molar-refractivity contribution in [1.29, 1.82) is 0 Å². The van der Waals surface area contributed by atoms with E-state index in [9.17, 15) is 9.59 Å². The third-order valence-corrected chi connectivity index (χ3v) is 4.00. The number of hydrogen-bond acceptors (Lipinski definition) is 4. The summed E-state index contributed by atoms with van der Waals surface area (Å²) in [7, 11) is 0. The Balaban J connectivity index is 1.69. The lowest BCUT2D eigenvalue weighted by Crippen LogP contribution is -2.52. The van der Waals surface area contributed by atoms with Crippen molar-refractivity contribution < 1.29 is 19.4 Å². The zero-order valence-corrected chi connectivity index (χ0v) is 12.6. The molecule has 0 bridgehead atoms. The Morgan fingerprint density at radius 3 is 2.71 bits per heavy atom. The molecule has 120 valence electrons. The van der Waals surface area contributed by atoms with Gasteiger partial charge in [0.2, 0.25) is 0 Å². The molecule has 7 nitrogen and oxygen atoms in total. The standard InChI is InChI=1S/C14H25N3O4/c1-11(9-16-4-2-3-5-16)8-15-14(20)17-6-7-21-12(10-17)13(18)19/h11-12H,2-10H2,1H3,(H,15,20)(H,18,19). The topological polar surface area (TPSA) is 82.1 Å². The molecule has 7 heteroatoms. The van der Waals surface area contributed by atoms with Crippen molar-refractivity contribution in [2.45, 2.75) is 25.9 Å². The van der Waals surface area contributed by atoms with Gasteiger partial charge in [0.25, 0.3) is 0 Å². The predicted molar refractivity (Wildman–Crippen MR) is 77.2 cm³/mol. The summed E-state index contributed by atoms with van der Waals surface area (Å²) in [5, 5.41) is 11.8. The molecule has 2 N–H and O–H groups in total. The van der Waals surface area contributed by atoms with Crippen molar-refractivity contribution in [3.8, 4) is 0 Å². The maximum atomic E-state index is 12.1. The van der Waals surface area contributed by atoms with Gasteiger partial charge < -0.3 is 25.0 Å². The number of morpholine rings is 1. The van der Waals surface area contributed by atoms with Crippen molar-refractivity contribution >= 4 is 12.0 Å². The van der Waals surface area contributed by atoms with Gasteiger partial charge in [0, 0.05) is 19.6 Å². The molecule has 21 heavy (non-hydrogen) atoms. The summed E-state index contributed by atoms with van der Waals surface area (Å²) in [6, 6.07) is -0.196. The van der Waals surface area contributed by atoms with Crippen LogP contribution in [-0.4, -0.2) is 78.9 Å². The van der Waals surface area contributed by atoms with Crippen LogP contribution in [0.3, 0.4) is 0 Å². The van der Waals surface area contributed by atoms with Crippen LogP contribution in [0, 0.1) is 5.92 Å². The second-order valence-corrected chi connectivity index (χ2v) is 5.94. The number of aliphatic carboxylic acids is 1. The maximum absolute atomic E-state index is 12.1. The largest absolute Gasteiger partial charge is 0.479 e. The molecule has 2 unspecified atom stereocenters. The first kappa shape index (κ1) is 16.0. The summed E-state index contributed by atoms with van der Waals surface area (Å²) in [4.78, 5) is 26.9. The van der Waals surface area contributed by atoms with E-state index in [1.165, 1.54) is 17.7 Å². The number of hydrogen-bond donors (Lipinski definition) is 2. The molecule has 0 spiro atoms. The Bertz CT molecular complexity index is 371.